The zero-order valence-corrected chi connectivity index (χ0v) is 92.5. The Hall–Kier alpha value is -10.7. The second-order valence-electron chi connectivity index (χ2n) is 40.2. The number of methoxy groups -OCH3 is 2. The van der Waals surface area contributed by atoms with Gasteiger partial charge in [-0.3, -0.25) is 24.1 Å². The Morgan fingerprint density at radius 3 is 0.959 bits per heavy atom. The zero-order valence-electron chi connectivity index (χ0n) is 85.2. The molecule has 11 aliphatic rings. The van der Waals surface area contributed by atoms with Crippen LogP contribution in [0.4, 0.5) is 28.8 Å². The molecule has 8 saturated heterocycles. The summed E-state index contributed by atoms with van der Waals surface area (Å²) in [4.78, 5) is 209. The standard InChI is InChI=1S/C14H21N3O4S.C13H19N3O4S.2C13H17N3O3S.C8H9N3OS.C8H16N2O2.C8H13NO3.C6H6BrNO2S.C5H5NO2S.C4H8O/c1-14(2,3)21-13(19)17-6-9(7-17)15-5-10-11(12(18)20-4)16-8-22-10;1-13(2,3)20-12(19)16-5-8(6-16)14-4-9-10(11(17)18)15-7-21-9;2*1-13(2,3)19-12(18)15-4-8(5-15)16-6-9-10(11(16)17)14-7-20-9;12-8-7-6(13-4-10-7)3-11(8)5-1-9-2-5;1-8(2,3)12-7(11)10-4-6(9)5-10;1-8(2,3)12-7(11)9-4-6(10)5-9;1-10-6(9)5-4(2-7)11-3-8-5;1-3-4(5(7)8)6-2-9-3;1-2-4-5-3-1/h8-9,15H,5-7H2,1-4H3;7-8,14H,4-6H2,1-3H3,(H,17,18);2*7-8H,4-6H2,1-3H3;4-5,9H,1-3H2;6H,4-5,9H2,1-3H3;4-5H2,1-3H3;3H,2H2,1H3;2H,1H3,(H,7,8);1-4H2. The Labute approximate surface area is 877 Å². The third-order valence-electron chi connectivity index (χ3n) is 21.3. The van der Waals surface area contributed by atoms with Gasteiger partial charge in [0.15, 0.2) is 28.6 Å². The van der Waals surface area contributed by atoms with Crippen molar-refractivity contribution in [3.8, 4) is 0 Å². The van der Waals surface area contributed by atoms with E-state index in [-0.39, 0.29) is 115 Å². The number of rotatable bonds is 14. The molecule has 145 heavy (non-hydrogen) atoms. The summed E-state index contributed by atoms with van der Waals surface area (Å²) in [5.74, 6) is -2.61. The van der Waals surface area contributed by atoms with Crippen LogP contribution in [0, 0.1) is 6.92 Å². The molecule has 0 aromatic carbocycles. The first kappa shape index (κ1) is 118. The van der Waals surface area contributed by atoms with Gasteiger partial charge < -0.3 is 114 Å². The van der Waals surface area contributed by atoms with Crippen molar-refractivity contribution in [1.29, 1.82) is 0 Å². The Bertz CT molecular complexity index is 5470. The summed E-state index contributed by atoms with van der Waals surface area (Å²) in [6.45, 7) is 47.7. The lowest BCUT2D eigenvalue weighted by molar-refractivity contribution is -0.128. The topological polar surface area (TPSA) is 544 Å². The van der Waals surface area contributed by atoms with E-state index in [9.17, 15) is 67.1 Å². The summed E-state index contributed by atoms with van der Waals surface area (Å²) < 4.78 is 45.5. The lowest BCUT2D eigenvalue weighted by atomic mass is 10.1. The second kappa shape index (κ2) is 52.2. The van der Waals surface area contributed by atoms with Crippen LogP contribution in [0.2, 0.25) is 0 Å². The number of ether oxygens (including phenoxy) is 9. The molecule has 0 atom stereocenters. The van der Waals surface area contributed by atoms with E-state index in [0.29, 0.717) is 136 Å². The van der Waals surface area contributed by atoms with Gasteiger partial charge in [-0.2, -0.15) is 0 Å². The van der Waals surface area contributed by atoms with Crippen molar-refractivity contribution >= 4 is 179 Å². The second-order valence-corrected chi connectivity index (χ2v) is 47.4. The largest absolute Gasteiger partial charge is 0.476 e. The maximum absolute atomic E-state index is 12.1. The van der Waals surface area contributed by atoms with Crippen LogP contribution in [0.15, 0.2) is 38.6 Å². The number of thiazole rings is 7. The number of likely N-dealkylation sites (tertiary alicyclic amines) is 6. The van der Waals surface area contributed by atoms with Gasteiger partial charge in [0.2, 0.25) is 0 Å². The summed E-state index contributed by atoms with van der Waals surface area (Å²) in [6, 6.07) is 1.04. The number of carboxylic acid groups (broad SMARTS) is 2. The van der Waals surface area contributed by atoms with Crippen molar-refractivity contribution in [2.75, 3.05) is 119 Å². The number of esters is 2. The number of halogens is 1. The minimum absolute atomic E-state index is 0.0184. The predicted octanol–water partition coefficient (Wildman–Crippen LogP) is 11.8. The summed E-state index contributed by atoms with van der Waals surface area (Å²) in [5, 5.41) is 27.7. The molecular formula is C92H131BrN20O25S7. The number of carboxylic acids is 2. The first-order valence-electron chi connectivity index (χ1n) is 46.4. The van der Waals surface area contributed by atoms with E-state index in [2.05, 4.69) is 76.2 Å². The van der Waals surface area contributed by atoms with E-state index in [1.54, 1.807) is 101 Å². The van der Waals surface area contributed by atoms with E-state index in [1.165, 1.54) is 111 Å². The van der Waals surface area contributed by atoms with Crippen molar-refractivity contribution in [3.63, 3.8) is 0 Å². The van der Waals surface area contributed by atoms with Crippen LogP contribution >= 0.6 is 95.3 Å². The van der Waals surface area contributed by atoms with Crippen LogP contribution in [-0.2, 0) is 85.5 Å². The highest BCUT2D eigenvalue weighted by Gasteiger charge is 2.47. The van der Waals surface area contributed by atoms with Crippen LogP contribution < -0.4 is 21.7 Å². The quantitative estimate of drug-likeness (QED) is 0.0334. The third kappa shape index (κ3) is 36.1. The van der Waals surface area contributed by atoms with E-state index < -0.39 is 57.6 Å². The van der Waals surface area contributed by atoms with Crippen LogP contribution in [-0.4, -0.2) is 362 Å². The molecule has 11 aliphatic heterocycles. The number of fused-ring (bicyclic) bond motifs is 3. The maximum atomic E-state index is 12.1. The van der Waals surface area contributed by atoms with Gasteiger partial charge in [-0.15, -0.1) is 79.4 Å². The van der Waals surface area contributed by atoms with Crippen molar-refractivity contribution in [1.82, 2.24) is 94.9 Å². The van der Waals surface area contributed by atoms with Crippen LogP contribution in [0.25, 0.3) is 0 Å². The summed E-state index contributed by atoms with van der Waals surface area (Å²) >= 11 is 13.3. The van der Waals surface area contributed by atoms with Crippen molar-refractivity contribution < 1.29 is 120 Å². The van der Waals surface area contributed by atoms with Gasteiger partial charge in [0.1, 0.15) is 50.7 Å². The van der Waals surface area contributed by atoms with Crippen LogP contribution in [0.1, 0.15) is 245 Å². The summed E-state index contributed by atoms with van der Waals surface area (Å²) in [6.07, 6.45) is 0.663. The number of aryl methyl sites for hydroxylation is 1. The number of aromatic carboxylic acids is 2. The minimum atomic E-state index is -1.02. The molecule has 45 nitrogen and oxygen atoms in total. The Morgan fingerprint density at radius 1 is 0.400 bits per heavy atom. The molecule has 0 spiro atoms. The van der Waals surface area contributed by atoms with Gasteiger partial charge in [-0.1, -0.05) is 15.9 Å². The Balaban J connectivity index is 0.000000183. The highest BCUT2D eigenvalue weighted by molar-refractivity contribution is 9.08. The van der Waals surface area contributed by atoms with Crippen LogP contribution in [0.3, 0.4) is 0 Å². The lowest BCUT2D eigenvalue weighted by Crippen LogP contribution is -2.61. The van der Waals surface area contributed by atoms with E-state index in [0.717, 1.165) is 62.1 Å². The number of Topliss-reactive ketones (excluding diaryl/α,β-unsaturated/α-hetero) is 1. The van der Waals surface area contributed by atoms with E-state index in [1.807, 2.05) is 109 Å². The average molecular weight is 2220 g/mol. The molecule has 0 radical (unpaired) electrons. The number of hydrogen-bond acceptors (Lipinski definition) is 41. The lowest BCUT2D eigenvalue weighted by Gasteiger charge is -2.43. The van der Waals surface area contributed by atoms with Gasteiger partial charge in [0.05, 0.1) is 128 Å². The smallest absolute Gasteiger partial charge is 0.411 e. The number of nitrogens with zero attached hydrogens (tertiary/aromatic N) is 16. The fourth-order valence-electron chi connectivity index (χ4n) is 13.7. The number of alkyl halides is 1. The number of carbonyl (C=O) groups is 14. The number of nitrogens with one attached hydrogen (secondary N) is 3. The molecule has 7 aromatic rings. The normalized spacial score (nSPS) is 16.9. The predicted molar refractivity (Wildman–Crippen MR) is 544 cm³/mol. The first-order valence-corrected chi connectivity index (χ1v) is 53.6. The fraction of sp³-hybridized carbons (Fsp3) is 0.620. The van der Waals surface area contributed by atoms with Gasteiger partial charge >= 0.3 is 60.4 Å². The molecule has 0 aliphatic carbocycles. The van der Waals surface area contributed by atoms with Gasteiger partial charge in [0.25, 0.3) is 17.7 Å². The first-order chi connectivity index (χ1) is 67.9. The van der Waals surface area contributed by atoms with Gasteiger partial charge in [-0.05, 0) is 144 Å². The highest BCUT2D eigenvalue weighted by Crippen LogP contribution is 2.35. The maximum Gasteiger partial charge on any atom is 0.411 e. The van der Waals surface area contributed by atoms with Crippen LogP contribution in [0.5, 0.6) is 0 Å². The number of carbonyl (C=O) groups excluding carboxylic acids is 12. The molecule has 0 bridgehead atoms. The summed E-state index contributed by atoms with van der Waals surface area (Å²) in [5.41, 5.74) is 17.0. The molecule has 18 heterocycles. The van der Waals surface area contributed by atoms with Gasteiger partial charge in [0, 0.05) is 138 Å². The molecular weight excluding hydrogens is 2090 g/mol. The number of ketones is 1. The molecule has 0 unspecified atom stereocenters. The third-order valence-corrected chi connectivity index (χ3v) is 27.9. The molecule has 7 N–H and O–H groups in total. The molecule has 0 saturated carbocycles. The molecule has 53 heteroatoms. The molecule has 798 valence electrons. The number of amides is 9. The number of aromatic nitrogens is 7. The minimum Gasteiger partial charge on any atom is -0.476 e. The van der Waals surface area contributed by atoms with Gasteiger partial charge in [-0.25, -0.2) is 82.8 Å². The van der Waals surface area contributed by atoms with Crippen molar-refractivity contribution in [2.45, 2.75) is 252 Å². The molecule has 9 amide bonds. The zero-order chi connectivity index (χ0) is 107. The Morgan fingerprint density at radius 2 is 0.690 bits per heavy atom. The molecule has 18 rings (SSSR count). The fourth-order valence-corrected chi connectivity index (χ4v) is 19.2. The molecule has 7 aromatic heterocycles. The average Bonchev–Trinajstić information content (AvgIpc) is 1.66. The van der Waals surface area contributed by atoms with Crippen molar-refractivity contribution in [2.24, 2.45) is 5.73 Å². The van der Waals surface area contributed by atoms with E-state index in [4.69, 9.17) is 49.1 Å². The monoisotopic (exact) mass is 2220 g/mol. The summed E-state index contributed by atoms with van der Waals surface area (Å²) in [7, 11) is 2.68. The number of hydrogen-bond donors (Lipinski definition) is 6. The molecule has 8 fully saturated rings. The SMILES string of the molecule is C1CCOC1.CC(C)(C)OC(=O)N1CC(=O)C1.CC(C)(C)OC(=O)N1CC(N)C1.CC(C)(C)OC(=O)N1CC(N2Cc3scnc3C2=O)C1.CC(C)(C)OC(=O)N1CC(N2Cc3scnc3C2=O)C1.CC(C)(C)OC(=O)N1CC(NCc2scnc2C(=O)O)C1.COC(=O)c1ncsc1CBr.COC(=O)c1ncsc1CNC1CN(C(=O)OC(C)(C)C)C1.Cc1scnc1C(=O)O.O=C1c2ncsc2CN1C1CNC1. The van der Waals surface area contributed by atoms with Crippen molar-refractivity contribution in [3.05, 3.63) is 113 Å². The van der Waals surface area contributed by atoms with E-state index >= 15 is 0 Å². The Kier molecular flexibility index (Phi) is 42.4. The number of nitrogens with two attached hydrogens (primary N) is 1. The highest BCUT2D eigenvalue weighted by atomic mass is 79.9.